The van der Waals surface area contributed by atoms with Gasteiger partial charge in [-0.2, -0.15) is 60.7 Å². The molecule has 5 aromatic carbocycles. The van der Waals surface area contributed by atoms with Crippen molar-refractivity contribution >= 4 is 11.3 Å². The number of hydrogen-bond acceptors (Lipinski definition) is 3. The summed E-state index contributed by atoms with van der Waals surface area (Å²) in [6, 6.07) is 61.9. The molecular formula is C59H52IrN3. The van der Waals surface area contributed by atoms with E-state index in [1.54, 1.807) is 0 Å². The third-order valence-electron chi connectivity index (χ3n) is 14.6. The minimum Gasteiger partial charge on any atom is -0.303 e. The van der Waals surface area contributed by atoms with E-state index in [0.29, 0.717) is 11.8 Å². The van der Waals surface area contributed by atoms with E-state index in [1.807, 2.05) is 42.7 Å². The molecule has 3 heterocycles. The van der Waals surface area contributed by atoms with Gasteiger partial charge in [-0.3, -0.25) is 9.97 Å². The molecule has 3 atom stereocenters. The number of fused-ring (bicyclic) bond motifs is 6. The molecule has 312 valence electrons. The molecular weight excluding hydrogens is 943 g/mol. The van der Waals surface area contributed by atoms with E-state index in [2.05, 4.69) is 134 Å². The van der Waals surface area contributed by atoms with Crippen LogP contribution < -0.4 is 0 Å². The number of rotatable bonds is 9. The van der Waals surface area contributed by atoms with Crippen LogP contribution in [0.25, 0.3) is 16.7 Å². The molecule has 0 N–H and O–H groups in total. The summed E-state index contributed by atoms with van der Waals surface area (Å²) in [6.07, 6.45) is 16.6. The Labute approximate surface area is 387 Å². The first-order valence-corrected chi connectivity index (χ1v) is 23.1. The van der Waals surface area contributed by atoms with Crippen molar-refractivity contribution in [1.29, 1.82) is 0 Å². The number of allylic oxidation sites excluding steroid dienone is 2. The zero-order chi connectivity index (χ0) is 41.5. The minimum atomic E-state index is -0.612. The summed E-state index contributed by atoms with van der Waals surface area (Å²) in [5.74, 6) is 0.719. The first kappa shape index (κ1) is 41.5. The van der Waals surface area contributed by atoms with Crippen molar-refractivity contribution in [3.05, 3.63) is 232 Å². The fourth-order valence-corrected chi connectivity index (χ4v) is 11.5. The summed E-state index contributed by atoms with van der Waals surface area (Å²) >= 11 is 0. The predicted octanol–water partition coefficient (Wildman–Crippen LogP) is 14.1. The van der Waals surface area contributed by atoms with E-state index in [9.17, 15) is 0 Å². The molecule has 0 radical (unpaired) electrons. The molecule has 4 aliphatic rings. The predicted molar refractivity (Wildman–Crippen MR) is 251 cm³/mol. The first-order chi connectivity index (χ1) is 30.7. The average Bonchev–Trinajstić information content (AvgIpc) is 3.75. The molecule has 0 spiro atoms. The smallest absolute Gasteiger partial charge is 0.303 e. The molecule has 3 nitrogen and oxygen atoms in total. The van der Waals surface area contributed by atoms with Crippen LogP contribution >= 0.6 is 0 Å². The van der Waals surface area contributed by atoms with Crippen molar-refractivity contribution < 1.29 is 20.1 Å². The number of aromatic nitrogens is 2. The molecule has 2 saturated carbocycles. The molecule has 63 heavy (non-hydrogen) atoms. The van der Waals surface area contributed by atoms with Gasteiger partial charge < -0.3 is 4.99 Å². The van der Waals surface area contributed by atoms with Crippen molar-refractivity contribution in [1.82, 2.24) is 9.97 Å². The Kier molecular flexibility index (Phi) is 11.8. The SMILES string of the molecule is CC(c1[c-]cccc1)(c1[c-]c2c(cc1)-c1ccccc1C1C2=NC([C@@H](c2[c-]cccc2)c2ccccn2)=C1c1c(C2CCCCC2)cccc1C1CCCCC1)c1ccccn1.[Ir+3]. The minimum absolute atomic E-state index is 0. The Hall–Kier alpha value is -5.54. The number of hydrogen-bond donors (Lipinski definition) is 0. The van der Waals surface area contributed by atoms with Gasteiger partial charge in [0, 0.05) is 35.3 Å². The second kappa shape index (κ2) is 17.9. The fraction of sp³-hybridized carbons (Fsp3) is 0.271. The monoisotopic (exact) mass is 995 g/mol. The number of nitrogens with zero attached hydrogens (tertiary/aromatic N) is 3. The fourth-order valence-electron chi connectivity index (χ4n) is 11.5. The average molecular weight is 995 g/mol. The van der Waals surface area contributed by atoms with Gasteiger partial charge >= 0.3 is 20.1 Å². The molecule has 0 saturated heterocycles. The maximum atomic E-state index is 6.08. The summed E-state index contributed by atoms with van der Waals surface area (Å²) in [4.78, 5) is 16.2. The van der Waals surface area contributed by atoms with E-state index in [1.165, 1.54) is 103 Å². The third kappa shape index (κ3) is 7.40. The Morgan fingerprint density at radius 2 is 1.22 bits per heavy atom. The zero-order valence-corrected chi connectivity index (χ0v) is 38.4. The van der Waals surface area contributed by atoms with Crippen LogP contribution in [0.2, 0.25) is 0 Å². The van der Waals surface area contributed by atoms with Gasteiger partial charge in [-0.15, -0.1) is 40.5 Å². The summed E-state index contributed by atoms with van der Waals surface area (Å²) in [7, 11) is 0. The van der Waals surface area contributed by atoms with Gasteiger partial charge in [-0.25, -0.2) is 0 Å². The molecule has 4 heteroatoms. The van der Waals surface area contributed by atoms with Crippen molar-refractivity contribution in [2.45, 2.75) is 100 Å². The summed E-state index contributed by atoms with van der Waals surface area (Å²) in [5, 5.41) is 0. The molecule has 2 unspecified atom stereocenters. The maximum Gasteiger partial charge on any atom is 3.00 e. The Morgan fingerprint density at radius 3 is 1.87 bits per heavy atom. The first-order valence-electron chi connectivity index (χ1n) is 23.1. The molecule has 2 aromatic heterocycles. The van der Waals surface area contributed by atoms with E-state index in [4.69, 9.17) is 15.0 Å². The summed E-state index contributed by atoms with van der Waals surface area (Å²) in [5.41, 5.74) is 17.4. The normalized spacial score (nSPS) is 18.9. The van der Waals surface area contributed by atoms with E-state index < -0.39 is 5.41 Å². The second-order valence-electron chi connectivity index (χ2n) is 18.1. The van der Waals surface area contributed by atoms with Gasteiger partial charge in [0.25, 0.3) is 0 Å². The number of pyridine rings is 2. The van der Waals surface area contributed by atoms with Crippen LogP contribution in [-0.2, 0) is 25.5 Å². The van der Waals surface area contributed by atoms with Crippen molar-refractivity contribution in [2.24, 2.45) is 4.99 Å². The quantitative estimate of drug-likeness (QED) is 0.135. The van der Waals surface area contributed by atoms with Crippen LogP contribution in [0.3, 0.4) is 0 Å². The molecule has 7 aromatic rings. The Morgan fingerprint density at radius 1 is 0.571 bits per heavy atom. The number of aliphatic imine (C=N–C) groups is 1. The van der Waals surface area contributed by atoms with E-state index in [-0.39, 0.29) is 31.9 Å². The Balaban J connectivity index is 0.00000471. The molecule has 3 aliphatic carbocycles. The standard InChI is InChI=1S/C59H52N3.Ir/c1-59(43-27-12-5-13-28-43,52-34-17-19-38-61-52)44-35-36-48-47-29-14-15-30-49(47)55-56(54-45(40-21-6-2-7-22-40)31-20-32-46(54)41-23-8-3-9-24-41)58(62-57(55)50(48)39-44)53(42-25-10-4-11-26-42)51-33-16-18-37-60-51;/h4-5,10-20,25,27,29-38,40-41,53,55H,2-3,6-9,21-24H2,1H3;/q-3;+3/t53-,55?,59?;/m0./s1. The van der Waals surface area contributed by atoms with Crippen LogP contribution in [0, 0.1) is 18.2 Å². The Bertz CT molecular complexity index is 2650. The summed E-state index contributed by atoms with van der Waals surface area (Å²) in [6.45, 7) is 2.28. The molecule has 2 fully saturated rings. The molecule has 0 amide bonds. The van der Waals surface area contributed by atoms with Crippen LogP contribution in [0.15, 0.2) is 163 Å². The molecule has 0 bridgehead atoms. The van der Waals surface area contributed by atoms with Gasteiger partial charge in [-0.05, 0) is 102 Å². The van der Waals surface area contributed by atoms with Gasteiger partial charge in [0.15, 0.2) is 0 Å². The van der Waals surface area contributed by atoms with E-state index in [0.717, 1.165) is 45.1 Å². The topological polar surface area (TPSA) is 38.1 Å². The van der Waals surface area contributed by atoms with Crippen molar-refractivity contribution in [3.63, 3.8) is 0 Å². The van der Waals surface area contributed by atoms with Crippen LogP contribution in [0.5, 0.6) is 0 Å². The summed E-state index contributed by atoms with van der Waals surface area (Å²) < 4.78 is 0. The van der Waals surface area contributed by atoms with Crippen molar-refractivity contribution in [2.75, 3.05) is 0 Å². The van der Waals surface area contributed by atoms with Crippen LogP contribution in [-0.4, -0.2) is 15.7 Å². The zero-order valence-electron chi connectivity index (χ0n) is 36.0. The molecule has 11 rings (SSSR count). The van der Waals surface area contributed by atoms with Gasteiger partial charge in [0.05, 0.1) is 11.4 Å². The van der Waals surface area contributed by atoms with Gasteiger partial charge in [-0.1, -0.05) is 104 Å². The molecule has 1 aliphatic heterocycles. The van der Waals surface area contributed by atoms with Crippen LogP contribution in [0.4, 0.5) is 0 Å². The third-order valence-corrected chi connectivity index (χ3v) is 14.6. The van der Waals surface area contributed by atoms with Gasteiger partial charge in [0.1, 0.15) is 0 Å². The number of benzene rings is 5. The van der Waals surface area contributed by atoms with Crippen molar-refractivity contribution in [3.8, 4) is 11.1 Å². The maximum absolute atomic E-state index is 6.08. The largest absolute Gasteiger partial charge is 3.00 e. The van der Waals surface area contributed by atoms with Gasteiger partial charge in [0.2, 0.25) is 0 Å². The van der Waals surface area contributed by atoms with E-state index >= 15 is 0 Å². The second-order valence-corrected chi connectivity index (χ2v) is 18.1. The van der Waals surface area contributed by atoms with Crippen LogP contribution in [0.1, 0.15) is 151 Å².